The van der Waals surface area contributed by atoms with Crippen LogP contribution < -0.4 is 4.90 Å². The number of esters is 1. The molecule has 0 unspecified atom stereocenters. The molecule has 0 atom stereocenters. The molecule has 0 amide bonds. The second-order valence-corrected chi connectivity index (χ2v) is 4.95. The molecule has 7 nitrogen and oxygen atoms in total. The van der Waals surface area contributed by atoms with E-state index in [0.717, 1.165) is 0 Å². The molecule has 1 aromatic heterocycles. The maximum absolute atomic E-state index is 13.5. The van der Waals surface area contributed by atoms with Gasteiger partial charge in [-0.1, -0.05) is 6.07 Å². The van der Waals surface area contributed by atoms with Crippen LogP contribution in [0.2, 0.25) is 0 Å². The maximum atomic E-state index is 13.5. The van der Waals surface area contributed by atoms with Gasteiger partial charge in [0.05, 0.1) is 25.5 Å². The second kappa shape index (κ2) is 6.74. The Morgan fingerprint density at radius 3 is 2.87 bits per heavy atom. The number of anilines is 1. The summed E-state index contributed by atoms with van der Waals surface area (Å²) in [7, 11) is 0. The fourth-order valence-corrected chi connectivity index (χ4v) is 2.34. The van der Waals surface area contributed by atoms with E-state index >= 15 is 0 Å². The van der Waals surface area contributed by atoms with Crippen LogP contribution in [-0.2, 0) is 9.47 Å². The van der Waals surface area contributed by atoms with E-state index in [4.69, 9.17) is 9.47 Å². The molecule has 0 spiro atoms. The van der Waals surface area contributed by atoms with Gasteiger partial charge in [-0.2, -0.15) is 9.67 Å². The highest BCUT2D eigenvalue weighted by Crippen LogP contribution is 2.20. The maximum Gasteiger partial charge on any atom is 0.378 e. The molecule has 1 aromatic carbocycles. The zero-order valence-electron chi connectivity index (χ0n) is 12.7. The molecule has 1 aliphatic heterocycles. The Labute approximate surface area is 132 Å². The van der Waals surface area contributed by atoms with Crippen LogP contribution in [0.25, 0.3) is 5.69 Å². The summed E-state index contributed by atoms with van der Waals surface area (Å²) >= 11 is 0. The van der Waals surface area contributed by atoms with E-state index in [9.17, 15) is 9.18 Å². The lowest BCUT2D eigenvalue weighted by atomic mass is 10.3. The Morgan fingerprint density at radius 1 is 1.39 bits per heavy atom. The molecular weight excluding hydrogens is 303 g/mol. The van der Waals surface area contributed by atoms with Crippen molar-refractivity contribution in [3.8, 4) is 5.69 Å². The Morgan fingerprint density at radius 2 is 2.17 bits per heavy atom. The van der Waals surface area contributed by atoms with Gasteiger partial charge in [-0.05, 0) is 25.1 Å². The lowest BCUT2D eigenvalue weighted by molar-refractivity contribution is 0.0512. The molecule has 0 saturated carbocycles. The molecule has 122 valence electrons. The van der Waals surface area contributed by atoms with Gasteiger partial charge >= 0.3 is 5.97 Å². The fraction of sp³-hybridized carbons (Fsp3) is 0.400. The van der Waals surface area contributed by atoms with E-state index in [2.05, 4.69) is 10.1 Å². The summed E-state index contributed by atoms with van der Waals surface area (Å²) in [5, 5.41) is 4.20. The number of hydrogen-bond acceptors (Lipinski definition) is 6. The molecule has 23 heavy (non-hydrogen) atoms. The Hall–Kier alpha value is -2.48. The van der Waals surface area contributed by atoms with Gasteiger partial charge < -0.3 is 14.4 Å². The van der Waals surface area contributed by atoms with Crippen LogP contribution in [0.1, 0.15) is 17.5 Å². The van der Waals surface area contributed by atoms with Gasteiger partial charge in [-0.3, -0.25) is 0 Å². The minimum Gasteiger partial charge on any atom is -0.460 e. The Kier molecular flexibility index (Phi) is 4.52. The lowest BCUT2D eigenvalue weighted by Gasteiger charge is -2.27. The average Bonchev–Trinajstić information content (AvgIpc) is 3.01. The third-order valence-electron chi connectivity index (χ3n) is 3.39. The summed E-state index contributed by atoms with van der Waals surface area (Å²) in [5.74, 6) is -0.555. The first kappa shape index (κ1) is 15.4. The predicted octanol–water partition coefficient (Wildman–Crippen LogP) is 1.42. The summed E-state index contributed by atoms with van der Waals surface area (Å²) in [6.07, 6.45) is 0. The van der Waals surface area contributed by atoms with E-state index in [1.165, 1.54) is 16.8 Å². The van der Waals surface area contributed by atoms with E-state index in [1.807, 2.05) is 4.90 Å². The van der Waals surface area contributed by atoms with Crippen LogP contribution in [0.4, 0.5) is 10.3 Å². The summed E-state index contributed by atoms with van der Waals surface area (Å²) in [6, 6.07) is 5.98. The smallest absolute Gasteiger partial charge is 0.378 e. The molecule has 1 aliphatic rings. The number of hydrogen-bond donors (Lipinski definition) is 0. The highest BCUT2D eigenvalue weighted by atomic mass is 19.1. The van der Waals surface area contributed by atoms with Crippen LogP contribution in [0.5, 0.6) is 0 Å². The molecule has 3 rings (SSSR count). The number of nitrogens with zero attached hydrogens (tertiary/aromatic N) is 4. The number of halogens is 1. The van der Waals surface area contributed by atoms with Crippen molar-refractivity contribution in [2.24, 2.45) is 0 Å². The van der Waals surface area contributed by atoms with Crippen molar-refractivity contribution in [1.29, 1.82) is 0 Å². The van der Waals surface area contributed by atoms with Crippen LogP contribution in [0.15, 0.2) is 24.3 Å². The first-order chi connectivity index (χ1) is 11.2. The quantitative estimate of drug-likeness (QED) is 0.794. The highest BCUT2D eigenvalue weighted by Gasteiger charge is 2.24. The largest absolute Gasteiger partial charge is 0.460 e. The Balaban J connectivity index is 2.02. The number of morpholine rings is 1. The number of carbonyl (C=O) groups is 1. The van der Waals surface area contributed by atoms with Crippen molar-refractivity contribution >= 4 is 11.9 Å². The van der Waals surface area contributed by atoms with Crippen LogP contribution >= 0.6 is 0 Å². The number of ether oxygens (including phenoxy) is 2. The lowest BCUT2D eigenvalue weighted by Crippen LogP contribution is -2.38. The van der Waals surface area contributed by atoms with Gasteiger partial charge in [-0.25, -0.2) is 9.18 Å². The molecular formula is C15H17FN4O3. The molecule has 2 heterocycles. The van der Waals surface area contributed by atoms with E-state index < -0.39 is 5.97 Å². The van der Waals surface area contributed by atoms with Gasteiger partial charge in [0.25, 0.3) is 5.82 Å². The molecule has 0 bridgehead atoms. The molecule has 8 heteroatoms. The zero-order valence-corrected chi connectivity index (χ0v) is 12.7. The van der Waals surface area contributed by atoms with Gasteiger partial charge in [0, 0.05) is 13.1 Å². The van der Waals surface area contributed by atoms with E-state index in [1.54, 1.807) is 19.1 Å². The fourth-order valence-electron chi connectivity index (χ4n) is 2.34. The third kappa shape index (κ3) is 3.31. The molecule has 0 N–H and O–H groups in total. The van der Waals surface area contributed by atoms with E-state index in [-0.39, 0.29) is 18.2 Å². The van der Waals surface area contributed by atoms with Gasteiger partial charge in [0.2, 0.25) is 5.95 Å². The number of benzene rings is 1. The summed E-state index contributed by atoms with van der Waals surface area (Å²) in [6.45, 7) is 4.31. The topological polar surface area (TPSA) is 69.5 Å². The first-order valence-electron chi connectivity index (χ1n) is 7.42. The van der Waals surface area contributed by atoms with Crippen LogP contribution in [0.3, 0.4) is 0 Å². The molecule has 0 aliphatic carbocycles. The monoisotopic (exact) mass is 320 g/mol. The minimum absolute atomic E-state index is 0.0439. The van der Waals surface area contributed by atoms with Crippen molar-refractivity contribution < 1.29 is 18.7 Å². The van der Waals surface area contributed by atoms with E-state index in [0.29, 0.717) is 37.9 Å². The summed E-state index contributed by atoms with van der Waals surface area (Å²) in [4.78, 5) is 18.1. The van der Waals surface area contributed by atoms with Crippen molar-refractivity contribution in [1.82, 2.24) is 14.8 Å². The number of rotatable bonds is 4. The van der Waals surface area contributed by atoms with Gasteiger partial charge in [0.1, 0.15) is 5.82 Å². The normalized spacial score (nSPS) is 14.8. The van der Waals surface area contributed by atoms with Crippen molar-refractivity contribution in [3.63, 3.8) is 0 Å². The van der Waals surface area contributed by atoms with Crippen LogP contribution in [0, 0.1) is 5.82 Å². The van der Waals surface area contributed by atoms with Crippen molar-refractivity contribution in [3.05, 3.63) is 35.9 Å². The molecule has 1 fully saturated rings. The van der Waals surface area contributed by atoms with Gasteiger partial charge in [0.15, 0.2) is 0 Å². The van der Waals surface area contributed by atoms with Gasteiger partial charge in [-0.15, -0.1) is 5.10 Å². The zero-order chi connectivity index (χ0) is 16.2. The molecule has 2 aromatic rings. The highest BCUT2D eigenvalue weighted by molar-refractivity contribution is 5.85. The number of carbonyl (C=O) groups excluding carboxylic acids is 1. The summed E-state index contributed by atoms with van der Waals surface area (Å²) in [5.41, 5.74) is 0.495. The molecule has 1 saturated heterocycles. The predicted molar refractivity (Wildman–Crippen MR) is 80.3 cm³/mol. The van der Waals surface area contributed by atoms with Crippen molar-refractivity contribution in [2.75, 3.05) is 37.8 Å². The summed E-state index contributed by atoms with van der Waals surface area (Å²) < 4.78 is 25.3. The standard InChI is InChI=1S/C15H17FN4O3/c1-2-23-14(21)13-17-15(19-6-8-22-9-7-19)20(18-13)12-5-3-4-11(16)10-12/h3-5,10H,2,6-9H2,1H3. The third-order valence-corrected chi connectivity index (χ3v) is 3.39. The average molecular weight is 320 g/mol. The molecule has 0 radical (unpaired) electrons. The number of aromatic nitrogens is 3. The van der Waals surface area contributed by atoms with Crippen LogP contribution in [-0.4, -0.2) is 53.6 Å². The Bertz CT molecular complexity index is 698. The first-order valence-corrected chi connectivity index (χ1v) is 7.42. The van der Waals surface area contributed by atoms with Crippen molar-refractivity contribution in [2.45, 2.75) is 6.92 Å². The second-order valence-electron chi connectivity index (χ2n) is 4.95. The SMILES string of the molecule is CCOC(=O)c1nc(N2CCOCC2)n(-c2cccc(F)c2)n1. The minimum atomic E-state index is -0.600.